The average molecular weight is 265 g/mol. The summed E-state index contributed by atoms with van der Waals surface area (Å²) in [4.78, 5) is 12.9. The van der Waals surface area contributed by atoms with Crippen LogP contribution in [-0.2, 0) is 11.2 Å². The lowest BCUT2D eigenvalue weighted by molar-refractivity contribution is -0.127. The van der Waals surface area contributed by atoms with Crippen LogP contribution < -0.4 is 10.6 Å². The number of aryl methyl sites for hydroxylation is 1. The molecular weight excluding hydrogens is 246 g/mol. The van der Waals surface area contributed by atoms with Gasteiger partial charge >= 0.3 is 0 Å². The first-order chi connectivity index (χ1) is 8.52. The van der Waals surface area contributed by atoms with Gasteiger partial charge in [-0.05, 0) is 36.3 Å². The van der Waals surface area contributed by atoms with Crippen LogP contribution in [0.25, 0.3) is 0 Å². The van der Waals surface area contributed by atoms with E-state index in [2.05, 4.69) is 29.7 Å². The maximum atomic E-state index is 11.4. The zero-order valence-electron chi connectivity index (χ0n) is 11.0. The highest BCUT2D eigenvalue weighted by Crippen LogP contribution is 2.09. The maximum Gasteiger partial charge on any atom is 0.241 e. The number of hydrogen-bond donors (Lipinski definition) is 2. The van der Waals surface area contributed by atoms with E-state index in [-0.39, 0.29) is 12.5 Å². The van der Waals surface area contributed by atoms with Crippen LogP contribution in [-0.4, -0.2) is 36.6 Å². The van der Waals surface area contributed by atoms with E-state index in [4.69, 9.17) is 12.2 Å². The summed E-state index contributed by atoms with van der Waals surface area (Å²) in [5.41, 5.74) is 2.20. The summed E-state index contributed by atoms with van der Waals surface area (Å²) in [6.07, 6.45) is 1.01. The highest BCUT2D eigenvalue weighted by molar-refractivity contribution is 7.80. The minimum Gasteiger partial charge on any atom is -0.353 e. The van der Waals surface area contributed by atoms with Crippen molar-refractivity contribution in [1.82, 2.24) is 10.2 Å². The van der Waals surface area contributed by atoms with Gasteiger partial charge in [0.15, 0.2) is 5.11 Å². The second-order valence-electron chi connectivity index (χ2n) is 4.15. The first kappa shape index (κ1) is 14.4. The van der Waals surface area contributed by atoms with Crippen molar-refractivity contribution in [3.63, 3.8) is 0 Å². The predicted octanol–water partition coefficient (Wildman–Crippen LogP) is 1.62. The van der Waals surface area contributed by atoms with Crippen molar-refractivity contribution in [3.05, 3.63) is 29.8 Å². The first-order valence-corrected chi connectivity index (χ1v) is 6.27. The van der Waals surface area contributed by atoms with Gasteiger partial charge in [-0.25, -0.2) is 0 Å². The molecule has 4 nitrogen and oxygen atoms in total. The lowest BCUT2D eigenvalue weighted by Crippen LogP contribution is -2.38. The third-order valence-corrected chi connectivity index (χ3v) is 2.77. The van der Waals surface area contributed by atoms with E-state index in [1.165, 1.54) is 10.5 Å². The Morgan fingerprint density at radius 2 is 1.89 bits per heavy atom. The van der Waals surface area contributed by atoms with Crippen LogP contribution in [0.1, 0.15) is 12.5 Å². The van der Waals surface area contributed by atoms with Gasteiger partial charge in [0.2, 0.25) is 5.91 Å². The molecule has 0 bridgehead atoms. The molecule has 0 fully saturated rings. The summed E-state index contributed by atoms with van der Waals surface area (Å²) < 4.78 is 0. The van der Waals surface area contributed by atoms with Crippen molar-refractivity contribution in [1.29, 1.82) is 0 Å². The van der Waals surface area contributed by atoms with Gasteiger partial charge in [-0.3, -0.25) is 4.79 Å². The number of nitrogens with one attached hydrogen (secondary N) is 2. The molecule has 0 spiro atoms. The highest BCUT2D eigenvalue weighted by atomic mass is 32.1. The SMILES string of the molecule is CCc1ccc(NC(=S)NCC(=O)N(C)C)cc1. The standard InChI is InChI=1S/C13H19N3OS/c1-4-10-5-7-11(8-6-10)15-13(18)14-9-12(17)16(2)3/h5-8H,4,9H2,1-3H3,(H2,14,15,18). The molecule has 0 aliphatic carbocycles. The maximum absolute atomic E-state index is 11.4. The van der Waals surface area contributed by atoms with E-state index in [1.807, 2.05) is 12.1 Å². The molecule has 0 aliphatic heterocycles. The summed E-state index contributed by atoms with van der Waals surface area (Å²) in [6, 6.07) is 8.05. The van der Waals surface area contributed by atoms with Crippen LogP contribution in [0, 0.1) is 0 Å². The van der Waals surface area contributed by atoms with Crippen molar-refractivity contribution >= 4 is 28.9 Å². The fourth-order valence-corrected chi connectivity index (χ4v) is 1.50. The monoisotopic (exact) mass is 265 g/mol. The molecule has 0 saturated carbocycles. The molecule has 98 valence electrons. The lowest BCUT2D eigenvalue weighted by atomic mass is 10.1. The number of benzene rings is 1. The molecule has 0 radical (unpaired) electrons. The summed E-state index contributed by atoms with van der Waals surface area (Å²) in [5, 5.41) is 6.36. The van der Waals surface area contributed by atoms with Crippen molar-refractivity contribution in [2.75, 3.05) is 26.0 Å². The van der Waals surface area contributed by atoms with E-state index < -0.39 is 0 Å². The van der Waals surface area contributed by atoms with Crippen molar-refractivity contribution < 1.29 is 4.79 Å². The Morgan fingerprint density at radius 3 is 2.39 bits per heavy atom. The molecule has 1 aromatic carbocycles. The Morgan fingerprint density at radius 1 is 1.28 bits per heavy atom. The quantitative estimate of drug-likeness (QED) is 0.812. The smallest absolute Gasteiger partial charge is 0.241 e. The summed E-state index contributed by atoms with van der Waals surface area (Å²) in [6.45, 7) is 2.31. The normalized spacial score (nSPS) is 9.72. The number of thiocarbonyl (C=S) groups is 1. The molecule has 0 heterocycles. The summed E-state index contributed by atoms with van der Waals surface area (Å²) in [7, 11) is 3.42. The number of rotatable bonds is 4. The van der Waals surface area contributed by atoms with Crippen molar-refractivity contribution in [2.45, 2.75) is 13.3 Å². The Labute approximate surface area is 113 Å². The van der Waals surface area contributed by atoms with Crippen LogP contribution in [0.3, 0.4) is 0 Å². The zero-order chi connectivity index (χ0) is 13.5. The molecule has 0 aliphatic rings. The number of anilines is 1. The second-order valence-corrected chi connectivity index (χ2v) is 4.55. The van der Waals surface area contributed by atoms with Gasteiger partial charge in [0.1, 0.15) is 0 Å². The molecule has 18 heavy (non-hydrogen) atoms. The van der Waals surface area contributed by atoms with Gasteiger partial charge in [-0.15, -0.1) is 0 Å². The Kier molecular flexibility index (Phi) is 5.58. The largest absolute Gasteiger partial charge is 0.353 e. The Hall–Kier alpha value is -1.62. The van der Waals surface area contributed by atoms with Gasteiger partial charge in [-0.2, -0.15) is 0 Å². The van der Waals surface area contributed by atoms with Crippen LogP contribution in [0.4, 0.5) is 5.69 Å². The van der Waals surface area contributed by atoms with Gasteiger partial charge in [-0.1, -0.05) is 19.1 Å². The fourth-order valence-electron chi connectivity index (χ4n) is 1.31. The van der Waals surface area contributed by atoms with E-state index in [0.717, 1.165) is 12.1 Å². The number of carbonyl (C=O) groups is 1. The molecule has 1 aromatic rings. The van der Waals surface area contributed by atoms with Crippen LogP contribution in [0.2, 0.25) is 0 Å². The first-order valence-electron chi connectivity index (χ1n) is 5.87. The number of nitrogens with zero attached hydrogens (tertiary/aromatic N) is 1. The minimum atomic E-state index is -0.0134. The minimum absolute atomic E-state index is 0.0134. The van der Waals surface area contributed by atoms with Crippen LogP contribution in [0.5, 0.6) is 0 Å². The van der Waals surface area contributed by atoms with Crippen LogP contribution >= 0.6 is 12.2 Å². The zero-order valence-corrected chi connectivity index (χ0v) is 11.8. The van der Waals surface area contributed by atoms with E-state index in [1.54, 1.807) is 14.1 Å². The molecule has 2 N–H and O–H groups in total. The van der Waals surface area contributed by atoms with E-state index in [0.29, 0.717) is 5.11 Å². The molecule has 0 saturated heterocycles. The average Bonchev–Trinajstić information content (AvgIpc) is 2.36. The van der Waals surface area contributed by atoms with E-state index in [9.17, 15) is 4.79 Å². The molecule has 1 amide bonds. The van der Waals surface area contributed by atoms with Gasteiger partial charge in [0, 0.05) is 19.8 Å². The number of hydrogen-bond acceptors (Lipinski definition) is 2. The number of amides is 1. The van der Waals surface area contributed by atoms with Crippen LogP contribution in [0.15, 0.2) is 24.3 Å². The van der Waals surface area contributed by atoms with E-state index >= 15 is 0 Å². The van der Waals surface area contributed by atoms with Crippen molar-refractivity contribution in [3.8, 4) is 0 Å². The summed E-state index contributed by atoms with van der Waals surface area (Å²) >= 11 is 5.11. The predicted molar refractivity (Wildman–Crippen MR) is 78.7 cm³/mol. The molecule has 5 heteroatoms. The van der Waals surface area contributed by atoms with Gasteiger partial charge < -0.3 is 15.5 Å². The third-order valence-electron chi connectivity index (χ3n) is 2.52. The van der Waals surface area contributed by atoms with Crippen molar-refractivity contribution in [2.24, 2.45) is 0 Å². The molecule has 0 atom stereocenters. The fraction of sp³-hybridized carbons (Fsp3) is 0.385. The highest BCUT2D eigenvalue weighted by Gasteiger charge is 2.04. The lowest BCUT2D eigenvalue weighted by Gasteiger charge is -2.13. The number of carbonyl (C=O) groups excluding carboxylic acids is 1. The van der Waals surface area contributed by atoms with Gasteiger partial charge in [0.05, 0.1) is 6.54 Å². The summed E-state index contributed by atoms with van der Waals surface area (Å²) in [5.74, 6) is -0.0134. The second kappa shape index (κ2) is 6.96. The molecule has 0 unspecified atom stereocenters. The Balaban J connectivity index is 2.42. The van der Waals surface area contributed by atoms with Gasteiger partial charge in [0.25, 0.3) is 0 Å². The Bertz CT molecular complexity index is 415. The topological polar surface area (TPSA) is 44.4 Å². The molecule has 1 rings (SSSR count). The molecular formula is C13H19N3OS. The third kappa shape index (κ3) is 4.71. The molecule has 0 aromatic heterocycles. The number of likely N-dealkylation sites (N-methyl/N-ethyl adjacent to an activating group) is 1.